The lowest BCUT2D eigenvalue weighted by Crippen LogP contribution is -2.28. The second-order valence-electron chi connectivity index (χ2n) is 4.00. The van der Waals surface area contributed by atoms with Gasteiger partial charge in [-0.1, -0.05) is 12.1 Å². The summed E-state index contributed by atoms with van der Waals surface area (Å²) in [4.78, 5) is 10.1. The summed E-state index contributed by atoms with van der Waals surface area (Å²) >= 11 is 0. The summed E-state index contributed by atoms with van der Waals surface area (Å²) in [5.41, 5.74) is 0.451. The first-order chi connectivity index (χ1) is 9.60. The van der Waals surface area contributed by atoms with E-state index in [1.165, 1.54) is 30.3 Å². The molecule has 116 valence electrons. The molecule has 0 saturated heterocycles. The van der Waals surface area contributed by atoms with Gasteiger partial charge in [-0.2, -0.15) is 13.2 Å². The predicted molar refractivity (Wildman–Crippen MR) is 69.0 cm³/mol. The van der Waals surface area contributed by atoms with Gasteiger partial charge in [0.1, 0.15) is 0 Å². The van der Waals surface area contributed by atoms with Gasteiger partial charge in [0.2, 0.25) is 10.0 Å². The molecule has 21 heavy (non-hydrogen) atoms. The Morgan fingerprint density at radius 2 is 1.81 bits per heavy atom. The van der Waals surface area contributed by atoms with Gasteiger partial charge >= 0.3 is 12.1 Å². The Balaban J connectivity index is 2.74. The van der Waals surface area contributed by atoms with E-state index >= 15 is 0 Å². The third-order valence-electron chi connectivity index (χ3n) is 2.31. The number of carbonyl (C=O) groups is 1. The first kappa shape index (κ1) is 17.2. The number of carboxylic acid groups (broad SMARTS) is 1. The summed E-state index contributed by atoms with van der Waals surface area (Å²) < 4.78 is 61.1. The number of hydrogen-bond donors (Lipinski definition) is 2. The Hall–Kier alpha value is -1.87. The van der Waals surface area contributed by atoms with E-state index in [1.54, 1.807) is 0 Å². The van der Waals surface area contributed by atoms with E-state index in [0.717, 1.165) is 6.08 Å². The van der Waals surface area contributed by atoms with E-state index < -0.39 is 35.1 Å². The van der Waals surface area contributed by atoms with Gasteiger partial charge in [0.15, 0.2) is 0 Å². The fraction of sp³-hybridized carbons (Fsp3) is 0.250. The lowest BCUT2D eigenvalue weighted by molar-refractivity contribution is -0.133. The van der Waals surface area contributed by atoms with Gasteiger partial charge in [-0.3, -0.25) is 0 Å². The number of hydrogen-bond acceptors (Lipinski definition) is 3. The van der Waals surface area contributed by atoms with Crippen molar-refractivity contribution in [1.82, 2.24) is 4.72 Å². The summed E-state index contributed by atoms with van der Waals surface area (Å²) in [6.07, 6.45) is -3.55. The number of sulfonamides is 1. The maximum absolute atomic E-state index is 11.9. The fourth-order valence-electron chi connectivity index (χ4n) is 1.34. The maximum atomic E-state index is 11.9. The third kappa shape index (κ3) is 6.41. The van der Waals surface area contributed by atoms with Crippen molar-refractivity contribution >= 4 is 22.1 Å². The largest absolute Gasteiger partial charge is 0.478 e. The van der Waals surface area contributed by atoms with Gasteiger partial charge in [0.05, 0.1) is 11.3 Å². The van der Waals surface area contributed by atoms with Crippen molar-refractivity contribution in [3.63, 3.8) is 0 Å². The minimum absolute atomic E-state index is 0.197. The number of halogens is 3. The molecule has 0 aliphatic rings. The summed E-state index contributed by atoms with van der Waals surface area (Å²) in [6.45, 7) is -0.744. The molecule has 0 bridgehead atoms. The van der Waals surface area contributed by atoms with Crippen LogP contribution < -0.4 is 4.72 Å². The molecule has 0 unspecified atom stereocenters. The second-order valence-corrected chi connectivity index (χ2v) is 5.77. The molecule has 0 spiro atoms. The minimum atomic E-state index is -4.44. The highest BCUT2D eigenvalue weighted by Gasteiger charge is 2.27. The Bertz CT molecular complexity index is 621. The molecule has 0 heterocycles. The van der Waals surface area contributed by atoms with E-state index in [4.69, 9.17) is 5.11 Å². The van der Waals surface area contributed by atoms with Crippen LogP contribution in [-0.4, -0.2) is 32.2 Å². The number of rotatable bonds is 6. The average Bonchev–Trinajstić information content (AvgIpc) is 2.35. The molecule has 2 N–H and O–H groups in total. The zero-order valence-corrected chi connectivity index (χ0v) is 11.4. The molecule has 0 amide bonds. The molecule has 0 aromatic heterocycles. The highest BCUT2D eigenvalue weighted by Crippen LogP contribution is 2.19. The van der Waals surface area contributed by atoms with Crippen LogP contribution in [0, 0.1) is 0 Å². The molecule has 0 radical (unpaired) electrons. The van der Waals surface area contributed by atoms with Crippen LogP contribution in [0.3, 0.4) is 0 Å². The molecule has 0 aliphatic heterocycles. The Labute approximate surface area is 119 Å². The molecule has 9 heteroatoms. The summed E-state index contributed by atoms with van der Waals surface area (Å²) in [7, 11) is -4.02. The van der Waals surface area contributed by atoms with Gasteiger partial charge in [-0.15, -0.1) is 0 Å². The molecule has 0 aliphatic carbocycles. The highest BCUT2D eigenvalue weighted by atomic mass is 32.2. The zero-order valence-electron chi connectivity index (χ0n) is 10.6. The van der Waals surface area contributed by atoms with E-state index in [0.29, 0.717) is 5.56 Å². The number of nitrogens with one attached hydrogen (secondary N) is 1. The van der Waals surface area contributed by atoms with E-state index in [-0.39, 0.29) is 4.90 Å². The molecular weight excluding hydrogens is 311 g/mol. The predicted octanol–water partition coefficient (Wildman–Crippen LogP) is 2.02. The van der Waals surface area contributed by atoms with Crippen LogP contribution in [-0.2, 0) is 14.8 Å². The number of alkyl halides is 3. The van der Waals surface area contributed by atoms with Crippen molar-refractivity contribution in [2.45, 2.75) is 17.5 Å². The van der Waals surface area contributed by atoms with Crippen molar-refractivity contribution < 1.29 is 31.5 Å². The quantitative estimate of drug-likeness (QED) is 0.785. The van der Waals surface area contributed by atoms with Crippen molar-refractivity contribution in [2.24, 2.45) is 0 Å². The van der Waals surface area contributed by atoms with E-state index in [2.05, 4.69) is 0 Å². The lowest BCUT2D eigenvalue weighted by atomic mass is 10.2. The molecule has 1 aromatic carbocycles. The smallest absolute Gasteiger partial charge is 0.390 e. The summed E-state index contributed by atoms with van der Waals surface area (Å²) in [5.74, 6) is -1.15. The summed E-state index contributed by atoms with van der Waals surface area (Å²) in [6, 6.07) is 5.05. The maximum Gasteiger partial charge on any atom is 0.390 e. The number of carboxylic acids is 1. The Morgan fingerprint density at radius 3 is 2.29 bits per heavy atom. The minimum Gasteiger partial charge on any atom is -0.478 e. The Morgan fingerprint density at radius 1 is 1.24 bits per heavy atom. The topological polar surface area (TPSA) is 83.5 Å². The van der Waals surface area contributed by atoms with E-state index in [9.17, 15) is 26.4 Å². The van der Waals surface area contributed by atoms with Crippen LogP contribution >= 0.6 is 0 Å². The number of aliphatic carboxylic acids is 1. The van der Waals surface area contributed by atoms with Gasteiger partial charge in [0.25, 0.3) is 0 Å². The standard InChI is InChI=1S/C12H12F3NO4S/c13-12(14,15)7-8-16-21(19,20)10-4-1-9(2-5-10)3-6-11(17)18/h1-6,16H,7-8H2,(H,17,18). The molecule has 1 aromatic rings. The first-order valence-corrected chi connectivity index (χ1v) is 7.16. The van der Waals surface area contributed by atoms with Crippen molar-refractivity contribution in [1.29, 1.82) is 0 Å². The van der Waals surface area contributed by atoms with Crippen LogP contribution in [0.2, 0.25) is 0 Å². The lowest BCUT2D eigenvalue weighted by Gasteiger charge is -2.08. The highest BCUT2D eigenvalue weighted by molar-refractivity contribution is 7.89. The average molecular weight is 323 g/mol. The van der Waals surface area contributed by atoms with Gasteiger partial charge in [-0.25, -0.2) is 17.9 Å². The molecule has 1 rings (SSSR count). The monoisotopic (exact) mass is 323 g/mol. The normalized spacial score (nSPS) is 12.7. The fourth-order valence-corrected chi connectivity index (χ4v) is 2.37. The van der Waals surface area contributed by atoms with Crippen LogP contribution in [0.15, 0.2) is 35.2 Å². The third-order valence-corrected chi connectivity index (χ3v) is 3.79. The zero-order chi connectivity index (χ0) is 16.1. The van der Waals surface area contributed by atoms with Gasteiger partial charge < -0.3 is 5.11 Å². The van der Waals surface area contributed by atoms with Crippen LogP contribution in [0.4, 0.5) is 13.2 Å². The Kier molecular flexibility index (Phi) is 5.50. The van der Waals surface area contributed by atoms with Crippen molar-refractivity contribution in [3.05, 3.63) is 35.9 Å². The van der Waals surface area contributed by atoms with Crippen LogP contribution in [0.25, 0.3) is 6.08 Å². The van der Waals surface area contributed by atoms with Crippen molar-refractivity contribution in [2.75, 3.05) is 6.54 Å². The first-order valence-electron chi connectivity index (χ1n) is 5.68. The van der Waals surface area contributed by atoms with Crippen LogP contribution in [0.1, 0.15) is 12.0 Å². The second kappa shape index (κ2) is 6.72. The van der Waals surface area contributed by atoms with Gasteiger partial charge in [-0.05, 0) is 23.8 Å². The van der Waals surface area contributed by atoms with Gasteiger partial charge in [0, 0.05) is 12.6 Å². The molecular formula is C12H12F3NO4S. The van der Waals surface area contributed by atoms with E-state index in [1.807, 2.05) is 4.72 Å². The molecule has 5 nitrogen and oxygen atoms in total. The molecule has 0 saturated carbocycles. The molecule has 0 atom stereocenters. The van der Waals surface area contributed by atoms with Crippen molar-refractivity contribution in [3.8, 4) is 0 Å². The summed E-state index contributed by atoms with van der Waals surface area (Å²) in [5, 5.41) is 8.44. The SMILES string of the molecule is O=C(O)C=Cc1ccc(S(=O)(=O)NCCC(F)(F)F)cc1. The molecule has 0 fully saturated rings. The number of benzene rings is 1. The van der Waals surface area contributed by atoms with Crippen LogP contribution in [0.5, 0.6) is 0 Å².